The number of hydrogen-bond donors (Lipinski definition) is 2. The van der Waals surface area contributed by atoms with Crippen LogP contribution in [0.1, 0.15) is 33.3 Å². The zero-order chi connectivity index (χ0) is 16.9. The second kappa shape index (κ2) is 7.74. The van der Waals surface area contributed by atoms with E-state index in [1.807, 2.05) is 12.1 Å². The Morgan fingerprint density at radius 2 is 1.82 bits per heavy atom. The molecule has 1 rings (SSSR count). The minimum Gasteiger partial charge on any atom is -0.463 e. The van der Waals surface area contributed by atoms with Gasteiger partial charge in [0, 0.05) is 11.0 Å². The number of carbonyl (C=O) groups is 2. The summed E-state index contributed by atoms with van der Waals surface area (Å²) in [5.74, 6) is -1.09. The van der Waals surface area contributed by atoms with Crippen molar-refractivity contribution in [3.8, 4) is 0 Å². The maximum absolute atomic E-state index is 12.3. The van der Waals surface area contributed by atoms with Crippen LogP contribution in [-0.2, 0) is 19.9 Å². The maximum Gasteiger partial charge on any atom is 0.310 e. The molecule has 0 radical (unpaired) electrons. The van der Waals surface area contributed by atoms with Crippen molar-refractivity contribution < 1.29 is 14.3 Å². The predicted molar refractivity (Wildman–Crippen MR) is 89.1 cm³/mol. The highest BCUT2D eigenvalue weighted by Gasteiger charge is 2.31. The van der Waals surface area contributed by atoms with Gasteiger partial charge in [-0.1, -0.05) is 35.0 Å². The van der Waals surface area contributed by atoms with E-state index < -0.39 is 11.5 Å². The Balaban J connectivity index is 2.64. The molecule has 5 nitrogen and oxygen atoms in total. The molecule has 0 aliphatic rings. The van der Waals surface area contributed by atoms with Crippen LogP contribution in [0.25, 0.3) is 0 Å². The Hall–Kier alpha value is -1.40. The molecule has 6 heteroatoms. The molecule has 1 aromatic rings. The molecule has 1 amide bonds. The number of hydrogen-bond acceptors (Lipinski definition) is 4. The Morgan fingerprint density at radius 3 is 2.32 bits per heavy atom. The van der Waals surface area contributed by atoms with Crippen molar-refractivity contribution in [1.29, 1.82) is 0 Å². The van der Waals surface area contributed by atoms with E-state index in [-0.39, 0.29) is 24.5 Å². The minimum atomic E-state index is -1.16. The highest BCUT2D eigenvalue weighted by atomic mass is 79.9. The van der Waals surface area contributed by atoms with E-state index in [1.54, 1.807) is 39.8 Å². The fourth-order valence-electron chi connectivity index (χ4n) is 1.79. The average Bonchev–Trinajstić information content (AvgIpc) is 2.43. The third-order valence-electron chi connectivity index (χ3n) is 3.24. The highest BCUT2D eigenvalue weighted by molar-refractivity contribution is 9.10. The van der Waals surface area contributed by atoms with Crippen LogP contribution in [0.3, 0.4) is 0 Å². The van der Waals surface area contributed by atoms with Gasteiger partial charge in [0.25, 0.3) is 0 Å². The first kappa shape index (κ1) is 18.6. The van der Waals surface area contributed by atoms with Gasteiger partial charge in [-0.3, -0.25) is 9.59 Å². The van der Waals surface area contributed by atoms with E-state index in [0.717, 1.165) is 4.47 Å². The first-order chi connectivity index (χ1) is 10.1. The molecule has 1 aromatic carbocycles. The summed E-state index contributed by atoms with van der Waals surface area (Å²) < 4.78 is 6.02. The van der Waals surface area contributed by atoms with Crippen molar-refractivity contribution in [1.82, 2.24) is 5.32 Å². The largest absolute Gasteiger partial charge is 0.463 e. The SMILES string of the molecule is CC(C)OC(=O)C(C)CNC(=O)C(C)(N)c1ccc(Br)cc1. The summed E-state index contributed by atoms with van der Waals surface area (Å²) in [5, 5.41) is 2.71. The van der Waals surface area contributed by atoms with Crippen molar-refractivity contribution in [2.45, 2.75) is 39.3 Å². The molecule has 2 atom stereocenters. The smallest absolute Gasteiger partial charge is 0.310 e. The Kier molecular flexibility index (Phi) is 6.56. The third-order valence-corrected chi connectivity index (χ3v) is 3.77. The molecule has 0 fully saturated rings. The maximum atomic E-state index is 12.3. The number of nitrogens with two attached hydrogens (primary N) is 1. The Bertz CT molecular complexity index is 527. The van der Waals surface area contributed by atoms with Gasteiger partial charge in [0.2, 0.25) is 5.91 Å². The third kappa shape index (κ3) is 5.10. The van der Waals surface area contributed by atoms with Crippen molar-refractivity contribution in [2.24, 2.45) is 11.7 Å². The van der Waals surface area contributed by atoms with Gasteiger partial charge >= 0.3 is 5.97 Å². The van der Waals surface area contributed by atoms with E-state index >= 15 is 0 Å². The van der Waals surface area contributed by atoms with Crippen LogP contribution < -0.4 is 11.1 Å². The molecular formula is C16H23BrN2O3. The lowest BCUT2D eigenvalue weighted by molar-refractivity contribution is -0.151. The second-order valence-electron chi connectivity index (χ2n) is 5.81. The van der Waals surface area contributed by atoms with Gasteiger partial charge in [0.05, 0.1) is 12.0 Å². The lowest BCUT2D eigenvalue weighted by atomic mass is 9.92. The fourth-order valence-corrected chi connectivity index (χ4v) is 2.05. The van der Waals surface area contributed by atoms with Gasteiger partial charge in [-0.05, 0) is 38.5 Å². The predicted octanol–water partition coefficient (Wildman–Crippen LogP) is 2.33. The van der Waals surface area contributed by atoms with Crippen LogP contribution in [0.2, 0.25) is 0 Å². The van der Waals surface area contributed by atoms with Crippen LogP contribution in [0.5, 0.6) is 0 Å². The quantitative estimate of drug-likeness (QED) is 0.752. The minimum absolute atomic E-state index is 0.173. The normalized spacial score (nSPS) is 15.0. The van der Waals surface area contributed by atoms with E-state index in [0.29, 0.717) is 5.56 Å². The number of rotatable bonds is 6. The monoisotopic (exact) mass is 370 g/mol. The van der Waals surface area contributed by atoms with Gasteiger partial charge < -0.3 is 15.8 Å². The lowest BCUT2D eigenvalue weighted by Gasteiger charge is -2.25. The Labute approximate surface area is 139 Å². The average molecular weight is 371 g/mol. The van der Waals surface area contributed by atoms with E-state index in [2.05, 4.69) is 21.2 Å². The standard InChI is InChI=1S/C16H23BrN2O3/c1-10(2)22-14(20)11(3)9-19-15(21)16(4,18)12-5-7-13(17)8-6-12/h5-8,10-11H,9,18H2,1-4H3,(H,19,21). The number of benzene rings is 1. The van der Waals surface area contributed by atoms with Gasteiger partial charge in [0.15, 0.2) is 0 Å². The fraction of sp³-hybridized carbons (Fsp3) is 0.500. The number of nitrogens with one attached hydrogen (secondary N) is 1. The van der Waals surface area contributed by atoms with Crippen LogP contribution in [0, 0.1) is 5.92 Å². The molecule has 0 spiro atoms. The molecule has 22 heavy (non-hydrogen) atoms. The van der Waals surface area contributed by atoms with Crippen molar-refractivity contribution in [3.05, 3.63) is 34.3 Å². The molecule has 0 saturated carbocycles. The molecule has 122 valence electrons. The van der Waals surface area contributed by atoms with Gasteiger partial charge in [-0.2, -0.15) is 0 Å². The molecule has 3 N–H and O–H groups in total. The summed E-state index contributed by atoms with van der Waals surface area (Å²) >= 11 is 3.34. The van der Waals surface area contributed by atoms with Crippen LogP contribution in [0.15, 0.2) is 28.7 Å². The van der Waals surface area contributed by atoms with Gasteiger partial charge in [-0.15, -0.1) is 0 Å². The lowest BCUT2D eigenvalue weighted by Crippen LogP contribution is -2.50. The van der Waals surface area contributed by atoms with Crippen molar-refractivity contribution in [3.63, 3.8) is 0 Å². The van der Waals surface area contributed by atoms with Crippen molar-refractivity contribution in [2.75, 3.05) is 6.54 Å². The number of halogens is 1. The zero-order valence-corrected chi connectivity index (χ0v) is 14.9. The summed E-state index contributed by atoms with van der Waals surface area (Å²) in [6.07, 6.45) is -0.173. The molecule has 0 saturated heterocycles. The van der Waals surface area contributed by atoms with Crippen LogP contribution in [0.4, 0.5) is 0 Å². The first-order valence-corrected chi connectivity index (χ1v) is 7.97. The highest BCUT2D eigenvalue weighted by Crippen LogP contribution is 2.20. The van der Waals surface area contributed by atoms with E-state index in [1.165, 1.54) is 0 Å². The number of carbonyl (C=O) groups excluding carboxylic acids is 2. The molecule has 0 aliphatic heterocycles. The summed E-state index contributed by atoms with van der Waals surface area (Å²) in [5.41, 5.74) is 5.67. The van der Waals surface area contributed by atoms with Crippen LogP contribution in [-0.4, -0.2) is 24.5 Å². The summed E-state index contributed by atoms with van der Waals surface area (Å²) in [6, 6.07) is 7.24. The molecule has 0 aliphatic carbocycles. The van der Waals surface area contributed by atoms with Gasteiger partial charge in [-0.25, -0.2) is 0 Å². The molecule has 0 bridgehead atoms. The van der Waals surface area contributed by atoms with Crippen molar-refractivity contribution >= 4 is 27.8 Å². The number of ether oxygens (including phenoxy) is 1. The summed E-state index contributed by atoms with van der Waals surface area (Å²) in [7, 11) is 0. The van der Waals surface area contributed by atoms with Gasteiger partial charge in [0.1, 0.15) is 5.54 Å². The molecule has 0 aromatic heterocycles. The Morgan fingerprint density at radius 1 is 1.27 bits per heavy atom. The van der Waals surface area contributed by atoms with E-state index in [4.69, 9.17) is 10.5 Å². The summed E-state index contributed by atoms with van der Waals surface area (Å²) in [6.45, 7) is 7.11. The topological polar surface area (TPSA) is 81.4 Å². The second-order valence-corrected chi connectivity index (χ2v) is 6.72. The molecule has 0 heterocycles. The molecule has 2 unspecified atom stereocenters. The number of esters is 1. The first-order valence-electron chi connectivity index (χ1n) is 7.18. The van der Waals surface area contributed by atoms with E-state index in [9.17, 15) is 9.59 Å². The number of amides is 1. The molecular weight excluding hydrogens is 348 g/mol. The summed E-state index contributed by atoms with van der Waals surface area (Å²) in [4.78, 5) is 24.0. The zero-order valence-electron chi connectivity index (χ0n) is 13.4. The van der Waals surface area contributed by atoms with Crippen LogP contribution >= 0.6 is 15.9 Å².